The van der Waals surface area contributed by atoms with Crippen LogP contribution in [-0.4, -0.2) is 67.0 Å². The fourth-order valence-corrected chi connectivity index (χ4v) is 5.50. The summed E-state index contributed by atoms with van der Waals surface area (Å²) >= 11 is 0. The van der Waals surface area contributed by atoms with Gasteiger partial charge in [0.2, 0.25) is 0 Å². The van der Waals surface area contributed by atoms with Gasteiger partial charge in [0.25, 0.3) is 16.1 Å². The predicted octanol–water partition coefficient (Wildman–Crippen LogP) is 2.45. The van der Waals surface area contributed by atoms with E-state index in [0.29, 0.717) is 24.8 Å². The number of aliphatic hydroxyl groups is 1. The van der Waals surface area contributed by atoms with E-state index < -0.39 is 45.4 Å². The first-order valence-electron chi connectivity index (χ1n) is 11.3. The first kappa shape index (κ1) is 24.7. The van der Waals surface area contributed by atoms with Crippen molar-refractivity contribution in [3.8, 4) is 11.1 Å². The normalized spacial score (nSPS) is 22.1. The van der Waals surface area contributed by atoms with Gasteiger partial charge in [0.15, 0.2) is 0 Å². The molecule has 0 unspecified atom stereocenters. The molecule has 0 aromatic heterocycles. The summed E-state index contributed by atoms with van der Waals surface area (Å²) in [7, 11) is -1.01. The van der Waals surface area contributed by atoms with Crippen molar-refractivity contribution in [2.75, 3.05) is 20.6 Å². The van der Waals surface area contributed by atoms with Crippen molar-refractivity contribution in [2.45, 2.75) is 49.8 Å². The lowest BCUT2D eigenvalue weighted by atomic mass is 9.79. The van der Waals surface area contributed by atoms with Gasteiger partial charge in [0.1, 0.15) is 17.2 Å². The summed E-state index contributed by atoms with van der Waals surface area (Å²) in [6.45, 7) is 0.248. The largest absolute Gasteiger partial charge is 0.380 e. The number of benzene rings is 2. The lowest BCUT2D eigenvalue weighted by Crippen LogP contribution is -2.57. The van der Waals surface area contributed by atoms with Crippen LogP contribution in [-0.2, 0) is 21.4 Å². The molecule has 1 saturated carbocycles. The molecule has 0 bridgehead atoms. The Balaban J connectivity index is 1.67. The van der Waals surface area contributed by atoms with Crippen LogP contribution >= 0.6 is 0 Å². The molecule has 4 rings (SSSR count). The van der Waals surface area contributed by atoms with E-state index in [-0.39, 0.29) is 24.1 Å². The molecule has 1 amide bonds. The molecule has 7 nitrogen and oxygen atoms in total. The van der Waals surface area contributed by atoms with Crippen molar-refractivity contribution >= 4 is 16.1 Å². The smallest absolute Gasteiger partial charge is 0.279 e. The number of carbonyl (C=O) groups excluding carboxylic acids is 1. The number of nitrogens with one attached hydrogen (secondary N) is 1. The van der Waals surface area contributed by atoms with Crippen molar-refractivity contribution in [1.82, 2.24) is 13.9 Å². The van der Waals surface area contributed by atoms with Crippen molar-refractivity contribution in [1.29, 1.82) is 0 Å². The lowest BCUT2D eigenvalue weighted by Gasteiger charge is -2.40. The average Bonchev–Trinajstić information content (AvgIpc) is 3.14. The summed E-state index contributed by atoms with van der Waals surface area (Å²) in [5.74, 6) is -1.48. The highest BCUT2D eigenvalue weighted by Gasteiger charge is 2.49. The summed E-state index contributed by atoms with van der Waals surface area (Å²) in [6.07, 6.45) is 1.82. The molecule has 0 spiro atoms. The lowest BCUT2D eigenvalue weighted by molar-refractivity contribution is -0.161. The van der Waals surface area contributed by atoms with Gasteiger partial charge in [-0.05, 0) is 55.4 Å². The molecule has 1 aliphatic heterocycles. The minimum atomic E-state index is -3.80. The summed E-state index contributed by atoms with van der Waals surface area (Å²) in [5.41, 5.74) is -0.570. The fraction of sp³-hybridized carbons (Fsp3) is 0.458. The summed E-state index contributed by atoms with van der Waals surface area (Å²) in [4.78, 5) is 14.6. The number of nitrogens with zero attached hydrogens (tertiary/aromatic N) is 2. The molecule has 2 N–H and O–H groups in total. The van der Waals surface area contributed by atoms with Crippen molar-refractivity contribution < 1.29 is 27.1 Å². The van der Waals surface area contributed by atoms with Gasteiger partial charge in [0, 0.05) is 32.2 Å². The van der Waals surface area contributed by atoms with Crippen LogP contribution < -0.4 is 4.72 Å². The van der Waals surface area contributed by atoms with E-state index in [2.05, 4.69) is 4.72 Å². The Kier molecular flexibility index (Phi) is 6.78. The maximum atomic E-state index is 15.6. The van der Waals surface area contributed by atoms with Crippen LogP contribution in [0.2, 0.25) is 0 Å². The van der Waals surface area contributed by atoms with Crippen LogP contribution in [0.4, 0.5) is 8.78 Å². The van der Waals surface area contributed by atoms with E-state index in [1.54, 1.807) is 24.3 Å². The van der Waals surface area contributed by atoms with Crippen LogP contribution in [0, 0.1) is 11.6 Å². The maximum absolute atomic E-state index is 15.6. The molecular weight excluding hydrogens is 464 g/mol. The molecule has 2 aliphatic rings. The van der Waals surface area contributed by atoms with E-state index in [0.717, 1.165) is 10.7 Å². The van der Waals surface area contributed by atoms with Crippen molar-refractivity contribution in [2.24, 2.45) is 0 Å². The Morgan fingerprint density at radius 2 is 1.91 bits per heavy atom. The highest BCUT2D eigenvalue weighted by Crippen LogP contribution is 2.37. The highest BCUT2D eigenvalue weighted by molar-refractivity contribution is 7.87. The summed E-state index contributed by atoms with van der Waals surface area (Å²) in [6, 6.07) is 9.06. The maximum Gasteiger partial charge on any atom is 0.279 e. The Morgan fingerprint density at radius 3 is 2.53 bits per heavy atom. The van der Waals surface area contributed by atoms with Crippen LogP contribution in [0.25, 0.3) is 11.1 Å². The van der Waals surface area contributed by atoms with Crippen LogP contribution in [0.15, 0.2) is 42.5 Å². The van der Waals surface area contributed by atoms with Gasteiger partial charge in [-0.1, -0.05) is 30.3 Å². The third-order valence-corrected chi connectivity index (χ3v) is 8.37. The van der Waals surface area contributed by atoms with Gasteiger partial charge in [-0.2, -0.15) is 17.4 Å². The minimum Gasteiger partial charge on any atom is -0.380 e. The van der Waals surface area contributed by atoms with Gasteiger partial charge in [0.05, 0.1) is 6.04 Å². The third kappa shape index (κ3) is 4.72. The van der Waals surface area contributed by atoms with Crippen LogP contribution in [0.1, 0.15) is 31.2 Å². The minimum absolute atomic E-state index is 0.0391. The van der Waals surface area contributed by atoms with Crippen molar-refractivity contribution in [3.05, 3.63) is 59.7 Å². The van der Waals surface area contributed by atoms with Crippen LogP contribution in [0.3, 0.4) is 0 Å². The standard InChI is InChI=1S/C24H29F2N3O4S/c1-28(2)34(32,33)27-20-10-13-29(23(30)24(31)11-5-12-24)21(20)15-17-7-4-9-19(22(17)26)16-6-3-8-18(25)14-16/h3-4,6-9,14,20-21,27,31H,5,10-13,15H2,1-2H3/t20-,21-/m0/s1. The molecule has 0 radical (unpaired) electrons. The summed E-state index contributed by atoms with van der Waals surface area (Å²) < 4.78 is 58.0. The zero-order chi connectivity index (χ0) is 24.7. The SMILES string of the molecule is CN(C)S(=O)(=O)N[C@H]1CCN(C(=O)C2(O)CCC2)[C@H]1Cc1cccc(-c2cccc(F)c2)c1F. The molecule has 2 aromatic carbocycles. The fourth-order valence-electron chi connectivity index (χ4n) is 4.63. The monoisotopic (exact) mass is 493 g/mol. The number of hydrogen-bond acceptors (Lipinski definition) is 4. The van der Waals surface area contributed by atoms with E-state index in [1.807, 2.05) is 0 Å². The molecule has 1 heterocycles. The number of halogens is 2. The number of amides is 1. The summed E-state index contributed by atoms with van der Waals surface area (Å²) in [5, 5.41) is 10.7. The predicted molar refractivity (Wildman–Crippen MR) is 124 cm³/mol. The second kappa shape index (κ2) is 9.33. The molecule has 1 saturated heterocycles. The molecule has 2 fully saturated rings. The Hall–Kier alpha value is -2.40. The first-order valence-corrected chi connectivity index (χ1v) is 12.7. The average molecular weight is 494 g/mol. The van der Waals surface area contributed by atoms with E-state index in [1.165, 1.54) is 37.2 Å². The van der Waals surface area contributed by atoms with Crippen LogP contribution in [0.5, 0.6) is 0 Å². The third-order valence-electron chi connectivity index (χ3n) is 6.81. The molecule has 1 aliphatic carbocycles. The Morgan fingerprint density at radius 1 is 1.21 bits per heavy atom. The molecule has 184 valence electrons. The van der Waals surface area contributed by atoms with E-state index >= 15 is 4.39 Å². The van der Waals surface area contributed by atoms with Gasteiger partial charge in [-0.15, -0.1) is 0 Å². The second-order valence-corrected chi connectivity index (χ2v) is 11.2. The van der Waals surface area contributed by atoms with Gasteiger partial charge in [-0.3, -0.25) is 4.79 Å². The Bertz CT molecular complexity index is 1180. The quantitative estimate of drug-likeness (QED) is 0.620. The van der Waals surface area contributed by atoms with Crippen molar-refractivity contribution in [3.63, 3.8) is 0 Å². The van der Waals surface area contributed by atoms with Gasteiger partial charge < -0.3 is 10.0 Å². The number of likely N-dealkylation sites (tertiary alicyclic amines) is 1. The second-order valence-electron chi connectivity index (χ2n) is 9.24. The van der Waals surface area contributed by atoms with Gasteiger partial charge >= 0.3 is 0 Å². The number of hydrogen-bond donors (Lipinski definition) is 2. The topological polar surface area (TPSA) is 90.0 Å². The first-order chi connectivity index (χ1) is 16.0. The molecule has 2 aromatic rings. The highest BCUT2D eigenvalue weighted by atomic mass is 32.2. The molecule has 2 atom stereocenters. The van der Waals surface area contributed by atoms with Gasteiger partial charge in [-0.25, -0.2) is 8.78 Å². The zero-order valence-corrected chi connectivity index (χ0v) is 20.0. The number of rotatable bonds is 7. The zero-order valence-electron chi connectivity index (χ0n) is 19.2. The molecule has 34 heavy (non-hydrogen) atoms. The molecule has 10 heteroatoms. The van der Waals surface area contributed by atoms with E-state index in [4.69, 9.17) is 0 Å². The number of carbonyl (C=O) groups is 1. The Labute approximate surface area is 198 Å². The molecular formula is C24H29F2N3O4S. The van der Waals surface area contributed by atoms with E-state index in [9.17, 15) is 22.7 Å².